The van der Waals surface area contributed by atoms with E-state index in [1.807, 2.05) is 20.8 Å². The van der Waals surface area contributed by atoms with Crippen LogP contribution in [-0.4, -0.2) is 27.7 Å². The summed E-state index contributed by atoms with van der Waals surface area (Å²) in [7, 11) is 0. The van der Waals surface area contributed by atoms with Crippen LogP contribution in [0.5, 0.6) is 0 Å². The quantitative estimate of drug-likeness (QED) is 0.829. The maximum Gasteiger partial charge on any atom is 0.171 e. The van der Waals surface area contributed by atoms with Crippen molar-refractivity contribution in [2.75, 3.05) is 11.9 Å². The van der Waals surface area contributed by atoms with Crippen molar-refractivity contribution in [3.8, 4) is 0 Å². The second-order valence-corrected chi connectivity index (χ2v) is 3.82. The number of aromatic nitrogens is 2. The van der Waals surface area contributed by atoms with Crippen LogP contribution in [0.1, 0.15) is 24.7 Å². The first kappa shape index (κ1) is 12.2. The number of nitrogens with one attached hydrogen (secondary N) is 1. The minimum absolute atomic E-state index is 0.0288. The molecular weight excluding hydrogens is 214 g/mol. The van der Waals surface area contributed by atoms with Crippen molar-refractivity contribution in [3.05, 3.63) is 16.5 Å². The molecule has 4 nitrogen and oxygen atoms in total. The number of aliphatic hydroxyl groups is 1. The number of hydrogen-bond donors (Lipinski definition) is 2. The molecule has 1 atom stereocenters. The van der Waals surface area contributed by atoms with Gasteiger partial charge in [0.1, 0.15) is 0 Å². The third-order valence-corrected chi connectivity index (χ3v) is 2.58. The lowest BCUT2D eigenvalue weighted by atomic mass is 10.2. The van der Waals surface area contributed by atoms with Crippen molar-refractivity contribution in [3.63, 3.8) is 0 Å². The van der Waals surface area contributed by atoms with Gasteiger partial charge in [0.25, 0.3) is 0 Å². The molecule has 0 fully saturated rings. The SMILES string of the molecule is CCC(CO)Nc1nc(C)c(C)nc1Cl. The van der Waals surface area contributed by atoms with Crippen LogP contribution in [0.3, 0.4) is 0 Å². The molecule has 1 unspecified atom stereocenters. The minimum atomic E-state index is -0.0288. The van der Waals surface area contributed by atoms with E-state index < -0.39 is 0 Å². The number of anilines is 1. The number of nitrogens with zero attached hydrogens (tertiary/aromatic N) is 2. The van der Waals surface area contributed by atoms with E-state index in [0.29, 0.717) is 11.0 Å². The number of rotatable bonds is 4. The van der Waals surface area contributed by atoms with Gasteiger partial charge in [0.15, 0.2) is 11.0 Å². The molecule has 0 saturated carbocycles. The first-order chi connectivity index (χ1) is 7.08. The molecule has 0 aliphatic heterocycles. The Bertz CT molecular complexity index is 340. The Kier molecular flexibility index (Phi) is 4.29. The zero-order chi connectivity index (χ0) is 11.4. The second kappa shape index (κ2) is 5.28. The first-order valence-electron chi connectivity index (χ1n) is 4.96. The Morgan fingerprint density at radius 1 is 1.33 bits per heavy atom. The minimum Gasteiger partial charge on any atom is -0.394 e. The largest absolute Gasteiger partial charge is 0.394 e. The van der Waals surface area contributed by atoms with Crippen molar-refractivity contribution >= 4 is 17.4 Å². The number of hydrogen-bond acceptors (Lipinski definition) is 4. The van der Waals surface area contributed by atoms with Gasteiger partial charge in [-0.25, -0.2) is 9.97 Å². The predicted molar refractivity (Wildman–Crippen MR) is 61.3 cm³/mol. The van der Waals surface area contributed by atoms with E-state index in [2.05, 4.69) is 15.3 Å². The smallest absolute Gasteiger partial charge is 0.171 e. The standard InChI is InChI=1S/C10H16ClN3O/c1-4-8(5-15)14-10-9(11)12-6(2)7(3)13-10/h8,15H,4-5H2,1-3H3,(H,13,14). The van der Waals surface area contributed by atoms with Crippen LogP contribution in [0.2, 0.25) is 5.15 Å². The second-order valence-electron chi connectivity index (χ2n) is 3.47. The van der Waals surface area contributed by atoms with Crippen molar-refractivity contribution in [2.45, 2.75) is 33.2 Å². The molecular formula is C10H16ClN3O. The van der Waals surface area contributed by atoms with Crippen LogP contribution in [0, 0.1) is 13.8 Å². The zero-order valence-electron chi connectivity index (χ0n) is 9.21. The molecule has 0 aromatic carbocycles. The Labute approximate surface area is 94.7 Å². The highest BCUT2D eigenvalue weighted by molar-refractivity contribution is 6.31. The molecule has 1 rings (SSSR count). The Hall–Kier alpha value is -0.870. The third-order valence-electron chi connectivity index (χ3n) is 2.32. The number of aryl methyl sites for hydroxylation is 2. The fourth-order valence-corrected chi connectivity index (χ4v) is 1.36. The van der Waals surface area contributed by atoms with Gasteiger partial charge in [-0.05, 0) is 20.3 Å². The predicted octanol–water partition coefficient (Wildman–Crippen LogP) is 1.93. The van der Waals surface area contributed by atoms with Crippen LogP contribution in [0.4, 0.5) is 5.82 Å². The molecule has 0 aliphatic rings. The van der Waals surface area contributed by atoms with Crippen molar-refractivity contribution in [2.24, 2.45) is 0 Å². The van der Waals surface area contributed by atoms with Crippen molar-refractivity contribution < 1.29 is 5.11 Å². The van der Waals surface area contributed by atoms with Crippen molar-refractivity contribution in [1.82, 2.24) is 9.97 Å². The topological polar surface area (TPSA) is 58.0 Å². The van der Waals surface area contributed by atoms with Gasteiger partial charge in [0.05, 0.1) is 24.0 Å². The highest BCUT2D eigenvalue weighted by Crippen LogP contribution is 2.19. The van der Waals surface area contributed by atoms with E-state index in [-0.39, 0.29) is 12.6 Å². The molecule has 0 bridgehead atoms. The van der Waals surface area contributed by atoms with E-state index in [0.717, 1.165) is 17.8 Å². The van der Waals surface area contributed by atoms with Crippen LogP contribution in [0.15, 0.2) is 0 Å². The fourth-order valence-electron chi connectivity index (χ4n) is 1.14. The van der Waals surface area contributed by atoms with Gasteiger partial charge in [-0.1, -0.05) is 18.5 Å². The molecule has 1 heterocycles. The lowest BCUT2D eigenvalue weighted by Crippen LogP contribution is -2.23. The van der Waals surface area contributed by atoms with Crippen LogP contribution >= 0.6 is 11.6 Å². The zero-order valence-corrected chi connectivity index (χ0v) is 9.97. The molecule has 0 saturated heterocycles. The van der Waals surface area contributed by atoms with Crippen LogP contribution in [0.25, 0.3) is 0 Å². The summed E-state index contributed by atoms with van der Waals surface area (Å²) in [5.41, 5.74) is 1.66. The molecule has 0 amide bonds. The summed E-state index contributed by atoms with van der Waals surface area (Å²) in [6.07, 6.45) is 0.807. The van der Waals surface area contributed by atoms with Gasteiger partial charge in [-0.2, -0.15) is 0 Å². The van der Waals surface area contributed by atoms with Crippen LogP contribution in [-0.2, 0) is 0 Å². The monoisotopic (exact) mass is 229 g/mol. The van der Waals surface area contributed by atoms with E-state index in [9.17, 15) is 0 Å². The summed E-state index contributed by atoms with van der Waals surface area (Å²) in [4.78, 5) is 8.44. The summed E-state index contributed by atoms with van der Waals surface area (Å²) >= 11 is 5.94. The highest BCUT2D eigenvalue weighted by Gasteiger charge is 2.10. The third kappa shape index (κ3) is 3.04. The summed E-state index contributed by atoms with van der Waals surface area (Å²) in [6.45, 7) is 5.78. The lowest BCUT2D eigenvalue weighted by Gasteiger charge is -2.16. The number of halogens is 1. The Balaban J connectivity index is 2.89. The summed E-state index contributed by atoms with van der Waals surface area (Å²) in [5, 5.41) is 12.5. The average molecular weight is 230 g/mol. The van der Waals surface area contributed by atoms with Gasteiger partial charge in [0, 0.05) is 0 Å². The highest BCUT2D eigenvalue weighted by atomic mass is 35.5. The lowest BCUT2D eigenvalue weighted by molar-refractivity contribution is 0.271. The van der Waals surface area contributed by atoms with Gasteiger partial charge < -0.3 is 10.4 Å². The molecule has 15 heavy (non-hydrogen) atoms. The van der Waals surface area contributed by atoms with E-state index in [4.69, 9.17) is 16.7 Å². The maximum absolute atomic E-state index is 9.05. The molecule has 0 aliphatic carbocycles. The first-order valence-corrected chi connectivity index (χ1v) is 5.34. The summed E-state index contributed by atoms with van der Waals surface area (Å²) < 4.78 is 0. The summed E-state index contributed by atoms with van der Waals surface area (Å²) in [5.74, 6) is 0.542. The van der Waals surface area contributed by atoms with Crippen LogP contribution < -0.4 is 5.32 Å². The average Bonchev–Trinajstić information content (AvgIpc) is 2.21. The summed E-state index contributed by atoms with van der Waals surface area (Å²) in [6, 6.07) is -0.0288. The maximum atomic E-state index is 9.05. The molecule has 2 N–H and O–H groups in total. The number of aliphatic hydroxyl groups excluding tert-OH is 1. The molecule has 84 valence electrons. The molecule has 5 heteroatoms. The fraction of sp³-hybridized carbons (Fsp3) is 0.600. The molecule has 0 radical (unpaired) electrons. The van der Waals surface area contributed by atoms with Gasteiger partial charge >= 0.3 is 0 Å². The van der Waals surface area contributed by atoms with Gasteiger partial charge in [0.2, 0.25) is 0 Å². The Morgan fingerprint density at radius 2 is 1.93 bits per heavy atom. The molecule has 0 spiro atoms. The molecule has 1 aromatic rings. The van der Waals surface area contributed by atoms with E-state index >= 15 is 0 Å². The van der Waals surface area contributed by atoms with E-state index in [1.54, 1.807) is 0 Å². The van der Waals surface area contributed by atoms with Gasteiger partial charge in [-0.3, -0.25) is 0 Å². The molecule has 1 aromatic heterocycles. The van der Waals surface area contributed by atoms with E-state index in [1.165, 1.54) is 0 Å². The van der Waals surface area contributed by atoms with Gasteiger partial charge in [-0.15, -0.1) is 0 Å². The normalized spacial score (nSPS) is 12.6. The van der Waals surface area contributed by atoms with Crippen molar-refractivity contribution in [1.29, 1.82) is 0 Å². The Morgan fingerprint density at radius 3 is 2.47 bits per heavy atom.